The maximum absolute atomic E-state index is 6.36. The van der Waals surface area contributed by atoms with Crippen molar-refractivity contribution >= 4 is 0 Å². The Kier molecular flexibility index (Phi) is 7.62. The van der Waals surface area contributed by atoms with E-state index in [4.69, 9.17) is 9.47 Å². The van der Waals surface area contributed by atoms with E-state index in [0.29, 0.717) is 24.4 Å². The van der Waals surface area contributed by atoms with Gasteiger partial charge in [0.25, 0.3) is 0 Å². The topological polar surface area (TPSA) is 18.5 Å². The van der Waals surface area contributed by atoms with Crippen molar-refractivity contribution in [2.24, 2.45) is 5.41 Å². The van der Waals surface area contributed by atoms with Crippen LogP contribution in [-0.4, -0.2) is 24.4 Å². The molecule has 0 saturated carbocycles. The lowest BCUT2D eigenvalue weighted by Gasteiger charge is -2.35. The molecule has 2 aliphatic heterocycles. The van der Waals surface area contributed by atoms with Gasteiger partial charge in [-0.05, 0) is 63.2 Å². The van der Waals surface area contributed by atoms with Gasteiger partial charge in [-0.15, -0.1) is 0 Å². The highest BCUT2D eigenvalue weighted by Gasteiger charge is 2.28. The second kappa shape index (κ2) is 9.22. The highest BCUT2D eigenvalue weighted by Crippen LogP contribution is 2.30. The second-order valence-corrected chi connectivity index (χ2v) is 8.26. The highest BCUT2D eigenvalue weighted by atomic mass is 16.5. The minimum Gasteiger partial charge on any atom is -0.375 e. The predicted octanol–water partition coefficient (Wildman–Crippen LogP) is 6.04. The van der Waals surface area contributed by atoms with Crippen LogP contribution < -0.4 is 0 Å². The molecule has 4 unspecified atom stereocenters. The van der Waals surface area contributed by atoms with Gasteiger partial charge >= 0.3 is 0 Å². The summed E-state index contributed by atoms with van der Waals surface area (Å²) in [5.74, 6) is 0. The Balaban J connectivity index is 1.79. The third-order valence-electron chi connectivity index (χ3n) is 5.63. The molecule has 0 bridgehead atoms. The molecule has 2 nitrogen and oxygen atoms in total. The standard InChI is InChI=1S/C21H38O2/c1-5-9-17-10-7-12-19(22-17)16-20-13-8-11-18(23-20)14-15-21(3,4)6-2/h14-15,17-20H,5-13,16H2,1-4H3/b15-14+. The van der Waals surface area contributed by atoms with Gasteiger partial charge in [-0.3, -0.25) is 0 Å². The third-order valence-corrected chi connectivity index (χ3v) is 5.63. The van der Waals surface area contributed by atoms with Crippen LogP contribution in [0.15, 0.2) is 12.2 Å². The van der Waals surface area contributed by atoms with E-state index in [1.54, 1.807) is 0 Å². The van der Waals surface area contributed by atoms with Gasteiger partial charge in [-0.2, -0.15) is 0 Å². The first-order valence-electron chi connectivity index (χ1n) is 10.0. The fourth-order valence-electron chi connectivity index (χ4n) is 3.71. The van der Waals surface area contributed by atoms with Crippen LogP contribution in [0.2, 0.25) is 0 Å². The van der Waals surface area contributed by atoms with Gasteiger partial charge in [0.1, 0.15) is 0 Å². The summed E-state index contributed by atoms with van der Waals surface area (Å²) in [6, 6.07) is 0. The molecule has 2 fully saturated rings. The lowest BCUT2D eigenvalue weighted by atomic mass is 9.88. The van der Waals surface area contributed by atoms with E-state index in [0.717, 1.165) is 6.42 Å². The van der Waals surface area contributed by atoms with E-state index in [1.807, 2.05) is 0 Å². The van der Waals surface area contributed by atoms with Crippen molar-refractivity contribution in [2.75, 3.05) is 0 Å². The number of allylic oxidation sites excluding steroid dienone is 1. The zero-order valence-corrected chi connectivity index (χ0v) is 15.9. The highest BCUT2D eigenvalue weighted by molar-refractivity contribution is 4.99. The molecule has 0 aliphatic carbocycles. The molecule has 23 heavy (non-hydrogen) atoms. The number of rotatable bonds is 7. The monoisotopic (exact) mass is 322 g/mol. The molecule has 0 aromatic rings. The SMILES string of the molecule is CCCC1CCCC(CC2CCCC(/C=C/C(C)(C)CC)O2)O1. The average Bonchev–Trinajstić information content (AvgIpc) is 2.54. The number of hydrogen-bond acceptors (Lipinski definition) is 2. The molecule has 2 saturated heterocycles. The van der Waals surface area contributed by atoms with Crippen molar-refractivity contribution in [1.29, 1.82) is 0 Å². The van der Waals surface area contributed by atoms with Gasteiger partial charge in [-0.25, -0.2) is 0 Å². The Morgan fingerprint density at radius 1 is 0.913 bits per heavy atom. The number of hydrogen-bond donors (Lipinski definition) is 0. The van der Waals surface area contributed by atoms with E-state index >= 15 is 0 Å². The zero-order chi connectivity index (χ0) is 16.7. The van der Waals surface area contributed by atoms with Crippen LogP contribution in [0.25, 0.3) is 0 Å². The fourth-order valence-corrected chi connectivity index (χ4v) is 3.71. The van der Waals surface area contributed by atoms with Crippen LogP contribution >= 0.6 is 0 Å². The lowest BCUT2D eigenvalue weighted by molar-refractivity contribution is -0.0988. The fraction of sp³-hybridized carbons (Fsp3) is 0.905. The third kappa shape index (κ3) is 6.58. The van der Waals surface area contributed by atoms with Crippen molar-refractivity contribution in [3.63, 3.8) is 0 Å². The normalized spacial score (nSPS) is 33.2. The smallest absolute Gasteiger partial charge is 0.0759 e. The molecule has 0 spiro atoms. The first-order chi connectivity index (χ1) is 11.0. The van der Waals surface area contributed by atoms with Crippen molar-refractivity contribution in [2.45, 2.75) is 116 Å². The van der Waals surface area contributed by atoms with E-state index in [1.165, 1.54) is 57.8 Å². The van der Waals surface area contributed by atoms with Crippen molar-refractivity contribution < 1.29 is 9.47 Å². The summed E-state index contributed by atoms with van der Waals surface area (Å²) in [6.45, 7) is 9.11. The summed E-state index contributed by atoms with van der Waals surface area (Å²) < 4.78 is 12.7. The summed E-state index contributed by atoms with van der Waals surface area (Å²) >= 11 is 0. The maximum Gasteiger partial charge on any atom is 0.0759 e. The molecular weight excluding hydrogens is 284 g/mol. The van der Waals surface area contributed by atoms with Crippen LogP contribution in [0.5, 0.6) is 0 Å². The van der Waals surface area contributed by atoms with Crippen molar-refractivity contribution in [3.8, 4) is 0 Å². The van der Waals surface area contributed by atoms with Crippen LogP contribution in [0.3, 0.4) is 0 Å². The molecule has 2 heterocycles. The Labute approximate surface area is 144 Å². The molecule has 2 heteroatoms. The summed E-state index contributed by atoms with van der Waals surface area (Å²) in [5, 5.41) is 0. The maximum atomic E-state index is 6.36. The van der Waals surface area contributed by atoms with E-state index in [9.17, 15) is 0 Å². The lowest BCUT2D eigenvalue weighted by Crippen LogP contribution is -2.34. The Bertz CT molecular complexity index is 359. The summed E-state index contributed by atoms with van der Waals surface area (Å²) in [4.78, 5) is 0. The van der Waals surface area contributed by atoms with Crippen LogP contribution in [0, 0.1) is 5.41 Å². The van der Waals surface area contributed by atoms with Crippen LogP contribution in [0.1, 0.15) is 91.9 Å². The summed E-state index contributed by atoms with van der Waals surface area (Å²) in [7, 11) is 0. The van der Waals surface area contributed by atoms with E-state index in [-0.39, 0.29) is 5.41 Å². The molecule has 2 aliphatic rings. The van der Waals surface area contributed by atoms with E-state index in [2.05, 4.69) is 39.8 Å². The predicted molar refractivity (Wildman–Crippen MR) is 97.8 cm³/mol. The van der Waals surface area contributed by atoms with Gasteiger partial charge in [-0.1, -0.05) is 46.3 Å². The largest absolute Gasteiger partial charge is 0.375 e. The van der Waals surface area contributed by atoms with Crippen molar-refractivity contribution in [1.82, 2.24) is 0 Å². The molecular formula is C21H38O2. The second-order valence-electron chi connectivity index (χ2n) is 8.26. The Morgan fingerprint density at radius 3 is 2.26 bits per heavy atom. The molecule has 2 rings (SSSR count). The van der Waals surface area contributed by atoms with Gasteiger partial charge in [0.15, 0.2) is 0 Å². The first kappa shape index (κ1) is 19.0. The van der Waals surface area contributed by atoms with E-state index < -0.39 is 0 Å². The van der Waals surface area contributed by atoms with Crippen molar-refractivity contribution in [3.05, 3.63) is 12.2 Å². The van der Waals surface area contributed by atoms with Gasteiger partial charge in [0.05, 0.1) is 24.4 Å². The molecule has 0 radical (unpaired) electrons. The minimum absolute atomic E-state index is 0.288. The quantitative estimate of drug-likeness (QED) is 0.532. The zero-order valence-electron chi connectivity index (χ0n) is 15.9. The molecule has 0 aromatic carbocycles. The number of ether oxygens (including phenoxy) is 2. The minimum atomic E-state index is 0.288. The molecule has 0 N–H and O–H groups in total. The molecule has 134 valence electrons. The summed E-state index contributed by atoms with van der Waals surface area (Å²) in [5.41, 5.74) is 0.288. The Hall–Kier alpha value is -0.340. The molecule has 4 atom stereocenters. The van der Waals surface area contributed by atoms with Crippen LogP contribution in [-0.2, 0) is 9.47 Å². The summed E-state index contributed by atoms with van der Waals surface area (Å²) in [6.07, 6.45) is 18.5. The average molecular weight is 323 g/mol. The molecule has 0 aromatic heterocycles. The van der Waals surface area contributed by atoms with Crippen LogP contribution in [0.4, 0.5) is 0 Å². The Morgan fingerprint density at radius 2 is 1.57 bits per heavy atom. The van der Waals surface area contributed by atoms with Gasteiger partial charge < -0.3 is 9.47 Å². The molecule has 0 amide bonds. The van der Waals surface area contributed by atoms with Gasteiger partial charge in [0, 0.05) is 0 Å². The van der Waals surface area contributed by atoms with Gasteiger partial charge in [0.2, 0.25) is 0 Å². The first-order valence-corrected chi connectivity index (χ1v) is 10.0.